The van der Waals surface area contributed by atoms with E-state index in [-0.39, 0.29) is 75.6 Å². The van der Waals surface area contributed by atoms with Gasteiger partial charge in [0.25, 0.3) is 0 Å². The van der Waals surface area contributed by atoms with Crippen molar-refractivity contribution in [2.75, 3.05) is 67.5 Å². The van der Waals surface area contributed by atoms with Gasteiger partial charge < -0.3 is 39.3 Å². The summed E-state index contributed by atoms with van der Waals surface area (Å²) < 4.78 is 12.9. The topological polar surface area (TPSA) is 151 Å². The summed E-state index contributed by atoms with van der Waals surface area (Å²) in [5.74, 6) is -0.971. The number of nitrogens with zero attached hydrogens (tertiary/aromatic N) is 2. The summed E-state index contributed by atoms with van der Waals surface area (Å²) in [6.45, 7) is 11.6. The second-order valence-electron chi connectivity index (χ2n) is 21.7. The summed E-state index contributed by atoms with van der Waals surface area (Å²) in [7, 11) is 8.28. The van der Waals surface area contributed by atoms with Crippen LogP contribution in [-0.4, -0.2) is 135 Å². The molecule has 0 saturated heterocycles. The van der Waals surface area contributed by atoms with Crippen molar-refractivity contribution in [2.24, 2.45) is 0 Å². The average Bonchev–Trinajstić information content (AvgIpc) is 3.30. The van der Waals surface area contributed by atoms with Crippen molar-refractivity contribution in [2.45, 2.75) is 258 Å². The molecule has 4 unspecified atom stereocenters. The number of hydrogen-bond acceptors (Lipinski definition) is 8. The van der Waals surface area contributed by atoms with Crippen LogP contribution in [0.15, 0.2) is 24.3 Å². The van der Waals surface area contributed by atoms with E-state index in [1.165, 1.54) is 116 Å². The van der Waals surface area contributed by atoms with E-state index in [0.717, 1.165) is 64.5 Å². The summed E-state index contributed by atoms with van der Waals surface area (Å²) in [6.07, 6.45) is 37.3. The highest BCUT2D eigenvalue weighted by Crippen LogP contribution is 2.19. The molecule has 0 aromatic carbocycles. The largest absolute Gasteiger partial charge is 0.455 e. The van der Waals surface area contributed by atoms with E-state index in [1.54, 1.807) is 24.3 Å². The molecule has 410 valence electrons. The third-order valence-corrected chi connectivity index (χ3v) is 13.4. The van der Waals surface area contributed by atoms with Gasteiger partial charge in [0, 0.05) is 25.9 Å². The maximum absolute atomic E-state index is 13.1. The van der Waals surface area contributed by atoms with Crippen molar-refractivity contribution >= 4 is 23.8 Å². The predicted octanol–water partition coefficient (Wildman–Crippen LogP) is 11.6. The Morgan fingerprint density at radius 2 is 0.714 bits per heavy atom. The first-order valence-electron chi connectivity index (χ1n) is 28.8. The predicted molar refractivity (Wildman–Crippen MR) is 290 cm³/mol. The molecule has 0 heterocycles. The third kappa shape index (κ3) is 41.8. The minimum Gasteiger partial charge on any atom is -0.455 e. The van der Waals surface area contributed by atoms with Gasteiger partial charge in [0.15, 0.2) is 13.1 Å². The number of likely N-dealkylation sites (N-methyl/N-ethyl adjacent to an activating group) is 2. The Labute approximate surface area is 430 Å². The van der Waals surface area contributed by atoms with Gasteiger partial charge in [-0.1, -0.05) is 180 Å². The zero-order valence-electron chi connectivity index (χ0n) is 46.7. The Bertz CT molecular complexity index is 1250. The molecule has 0 saturated carbocycles. The smallest absolute Gasteiger partial charge is 0.362 e. The first-order chi connectivity index (χ1) is 33.6. The van der Waals surface area contributed by atoms with Crippen molar-refractivity contribution in [3.05, 3.63) is 24.3 Å². The SMILES string of the molecule is CCCCCCCCCCCC[N+](C)(C)CC(=O)OC(CCCCC)C(O)CC=CCC(=O)NCCNC(=O)CC=CCC(O)C(CCCCC)OC(=O)C[N+](C)(C)CCCCCCCCCCCC. The highest BCUT2D eigenvalue weighted by molar-refractivity contribution is 5.78. The highest BCUT2D eigenvalue weighted by Gasteiger charge is 2.28. The zero-order chi connectivity index (χ0) is 52.1. The molecule has 0 aromatic heterocycles. The van der Waals surface area contributed by atoms with Crippen molar-refractivity contribution < 1.29 is 47.8 Å². The molecule has 0 aliphatic heterocycles. The average molecular weight is 994 g/mol. The van der Waals surface area contributed by atoms with Crippen LogP contribution in [0.25, 0.3) is 0 Å². The number of unbranched alkanes of at least 4 members (excludes halogenated alkanes) is 22. The van der Waals surface area contributed by atoms with E-state index in [2.05, 4.69) is 66.5 Å². The monoisotopic (exact) mass is 993 g/mol. The van der Waals surface area contributed by atoms with Gasteiger partial charge in [-0.2, -0.15) is 0 Å². The second kappa shape index (κ2) is 44.9. The summed E-state index contributed by atoms with van der Waals surface area (Å²) in [5.41, 5.74) is 0. The van der Waals surface area contributed by atoms with E-state index in [4.69, 9.17) is 9.47 Å². The molecule has 2 amide bonds. The molecule has 0 bridgehead atoms. The molecule has 4 atom stereocenters. The number of carbonyl (C=O) groups excluding carboxylic acids is 4. The Morgan fingerprint density at radius 1 is 0.429 bits per heavy atom. The van der Waals surface area contributed by atoms with Crippen LogP contribution in [0.5, 0.6) is 0 Å². The lowest BCUT2D eigenvalue weighted by Gasteiger charge is -2.30. The van der Waals surface area contributed by atoms with Gasteiger partial charge >= 0.3 is 11.9 Å². The van der Waals surface area contributed by atoms with Crippen LogP contribution >= 0.6 is 0 Å². The normalized spacial score (nSPS) is 13.9. The van der Waals surface area contributed by atoms with E-state index in [1.807, 2.05) is 0 Å². The molecule has 0 aromatic rings. The number of nitrogens with one attached hydrogen (secondary N) is 2. The number of rotatable bonds is 49. The van der Waals surface area contributed by atoms with Gasteiger partial charge in [-0.05, 0) is 64.2 Å². The maximum Gasteiger partial charge on any atom is 0.362 e. The minimum atomic E-state index is -0.860. The number of quaternary nitrogens is 2. The lowest BCUT2D eigenvalue weighted by atomic mass is 10.0. The number of aliphatic hydroxyl groups is 2. The van der Waals surface area contributed by atoms with Crippen LogP contribution in [0.2, 0.25) is 0 Å². The van der Waals surface area contributed by atoms with Gasteiger partial charge in [-0.25, -0.2) is 9.59 Å². The van der Waals surface area contributed by atoms with Crippen LogP contribution < -0.4 is 10.6 Å². The van der Waals surface area contributed by atoms with E-state index in [9.17, 15) is 29.4 Å². The molecule has 0 fully saturated rings. The van der Waals surface area contributed by atoms with Crippen LogP contribution in [0, 0.1) is 0 Å². The Balaban J connectivity index is 4.62. The van der Waals surface area contributed by atoms with Crippen molar-refractivity contribution in [3.8, 4) is 0 Å². The fraction of sp³-hybridized carbons (Fsp3) is 0.862. The van der Waals surface area contributed by atoms with Crippen molar-refractivity contribution in [1.82, 2.24) is 10.6 Å². The third-order valence-electron chi connectivity index (χ3n) is 13.4. The standard InChI is InChI=1S/C58H110N4O8/c1-9-13-17-19-21-23-25-27-29-37-47-61(5,6)49-57(67)69-53(41-31-15-11-3)51(63)39-33-35-43-55(65)59-45-46-60-56(66)44-36-34-40-52(64)54(42-32-16-12-4)70-58(68)50-62(7,8)48-38-30-28-26-24-22-20-18-14-10-2/h33-36,51-54,63-64H,9-32,37-50H2,1-8H3/p+2. The molecule has 0 rings (SSSR count). The Kier molecular flexibility index (Phi) is 43.1. The Morgan fingerprint density at radius 3 is 1.03 bits per heavy atom. The van der Waals surface area contributed by atoms with Crippen molar-refractivity contribution in [1.29, 1.82) is 0 Å². The van der Waals surface area contributed by atoms with E-state index < -0.39 is 24.4 Å². The molecular weight excluding hydrogens is 881 g/mol. The van der Waals surface area contributed by atoms with Crippen LogP contribution in [0.3, 0.4) is 0 Å². The molecule has 0 radical (unpaired) electrons. The quantitative estimate of drug-likeness (QED) is 0.0204. The lowest BCUT2D eigenvalue weighted by Crippen LogP contribution is -2.46. The number of amides is 2. The number of aliphatic hydroxyl groups excluding tert-OH is 2. The molecule has 4 N–H and O–H groups in total. The second-order valence-corrected chi connectivity index (χ2v) is 21.7. The zero-order valence-corrected chi connectivity index (χ0v) is 46.7. The number of esters is 2. The van der Waals surface area contributed by atoms with Crippen LogP contribution in [-0.2, 0) is 28.7 Å². The fourth-order valence-electron chi connectivity index (χ4n) is 8.88. The first-order valence-corrected chi connectivity index (χ1v) is 28.8. The molecule has 70 heavy (non-hydrogen) atoms. The Hall–Kier alpha value is -2.80. The summed E-state index contributed by atoms with van der Waals surface area (Å²) >= 11 is 0. The van der Waals surface area contributed by atoms with Gasteiger partial charge in [0.05, 0.1) is 53.5 Å². The summed E-state index contributed by atoms with van der Waals surface area (Å²) in [4.78, 5) is 51.1. The van der Waals surface area contributed by atoms with Gasteiger partial charge in [-0.3, -0.25) is 9.59 Å². The maximum atomic E-state index is 13.1. The summed E-state index contributed by atoms with van der Waals surface area (Å²) in [5, 5.41) is 27.7. The van der Waals surface area contributed by atoms with Crippen molar-refractivity contribution in [3.63, 3.8) is 0 Å². The van der Waals surface area contributed by atoms with E-state index in [0.29, 0.717) is 21.8 Å². The van der Waals surface area contributed by atoms with Gasteiger partial charge in [-0.15, -0.1) is 0 Å². The van der Waals surface area contributed by atoms with Crippen LogP contribution in [0.4, 0.5) is 0 Å². The minimum absolute atomic E-state index is 0.127. The number of carbonyl (C=O) groups is 4. The lowest BCUT2D eigenvalue weighted by molar-refractivity contribution is -0.883. The van der Waals surface area contributed by atoms with Gasteiger partial charge in [0.2, 0.25) is 11.8 Å². The molecule has 0 aliphatic rings. The highest BCUT2D eigenvalue weighted by atomic mass is 16.6. The summed E-state index contributed by atoms with van der Waals surface area (Å²) in [6, 6.07) is 0. The fourth-order valence-corrected chi connectivity index (χ4v) is 8.88. The first kappa shape index (κ1) is 67.2. The number of hydrogen-bond donors (Lipinski definition) is 4. The molecule has 12 nitrogen and oxygen atoms in total. The van der Waals surface area contributed by atoms with Gasteiger partial charge in [0.1, 0.15) is 12.2 Å². The van der Waals surface area contributed by atoms with E-state index >= 15 is 0 Å². The molecular formula is C58H112N4O8+2. The molecule has 0 spiro atoms. The molecule has 12 heteroatoms. The molecule has 0 aliphatic carbocycles. The van der Waals surface area contributed by atoms with Crippen LogP contribution in [0.1, 0.15) is 233 Å². The number of ether oxygens (including phenoxy) is 2.